The molecule has 1 aliphatic heterocycles. The number of fused-ring (bicyclic) bond motifs is 2. The average Bonchev–Trinajstić information content (AvgIpc) is 3.48. The molecule has 0 radical (unpaired) electrons. The number of rotatable bonds is 4. The molecule has 29 heavy (non-hydrogen) atoms. The van der Waals surface area contributed by atoms with Crippen molar-refractivity contribution in [1.29, 1.82) is 0 Å². The van der Waals surface area contributed by atoms with Crippen molar-refractivity contribution in [3.8, 4) is 11.3 Å². The van der Waals surface area contributed by atoms with E-state index in [-0.39, 0.29) is 24.0 Å². The molecule has 3 atom stereocenters. The summed E-state index contributed by atoms with van der Waals surface area (Å²) in [4.78, 5) is 8.88. The van der Waals surface area contributed by atoms with Gasteiger partial charge in [0, 0.05) is 36.6 Å². The van der Waals surface area contributed by atoms with Gasteiger partial charge in [0.05, 0.1) is 12.6 Å². The second-order valence-electron chi connectivity index (χ2n) is 8.23. The number of aliphatic imine (C=N–C) groups is 1. The summed E-state index contributed by atoms with van der Waals surface area (Å²) >= 11 is 0. The fourth-order valence-corrected chi connectivity index (χ4v) is 5.63. The van der Waals surface area contributed by atoms with Gasteiger partial charge in [-0.1, -0.05) is 43.2 Å². The average molecular weight is 508 g/mol. The van der Waals surface area contributed by atoms with Crippen molar-refractivity contribution < 1.29 is 9.15 Å². The number of hydrogen-bond acceptors (Lipinski definition) is 4. The first kappa shape index (κ1) is 20.7. The van der Waals surface area contributed by atoms with Gasteiger partial charge in [0.2, 0.25) is 0 Å². The summed E-state index contributed by atoms with van der Waals surface area (Å²) in [5, 5.41) is 7.17. The summed E-state index contributed by atoms with van der Waals surface area (Å²) in [6, 6.07) is 10.5. The topological polar surface area (TPSA) is 71.7 Å². The standard InChI is InChI=1S/C22H28N4O2.HI/c1-23-21(24-13-17-18(28-14-25-17)15-7-3-2-4-8-15)26-19-16-9-12-27-20(16)22(19)10-5-6-11-22;/h2-4,7-8,14,16,19-20H,5-6,9-13H2,1H3,(H2,23,24,26);1H. The van der Waals surface area contributed by atoms with Gasteiger partial charge in [0.15, 0.2) is 18.1 Å². The van der Waals surface area contributed by atoms with Crippen LogP contribution >= 0.6 is 24.0 Å². The third-order valence-electron chi connectivity index (χ3n) is 6.90. The molecular formula is C22H29IN4O2. The maximum absolute atomic E-state index is 6.10. The van der Waals surface area contributed by atoms with Gasteiger partial charge in [-0.2, -0.15) is 0 Å². The summed E-state index contributed by atoms with van der Waals surface area (Å²) in [7, 11) is 1.83. The predicted octanol–water partition coefficient (Wildman–Crippen LogP) is 3.97. The van der Waals surface area contributed by atoms with Crippen molar-refractivity contribution >= 4 is 29.9 Å². The minimum Gasteiger partial charge on any atom is -0.443 e. The summed E-state index contributed by atoms with van der Waals surface area (Å²) in [6.07, 6.45) is 8.28. The fraction of sp³-hybridized carbons (Fsp3) is 0.545. The third kappa shape index (κ3) is 3.56. The molecule has 2 aromatic rings. The van der Waals surface area contributed by atoms with Crippen LogP contribution in [0.1, 0.15) is 37.8 Å². The largest absolute Gasteiger partial charge is 0.443 e. The normalized spacial score (nSPS) is 27.2. The molecule has 2 aliphatic carbocycles. The van der Waals surface area contributed by atoms with Crippen LogP contribution in [0.2, 0.25) is 0 Å². The molecule has 0 amide bonds. The minimum absolute atomic E-state index is 0. The van der Waals surface area contributed by atoms with E-state index >= 15 is 0 Å². The van der Waals surface area contributed by atoms with Gasteiger partial charge in [0.25, 0.3) is 0 Å². The van der Waals surface area contributed by atoms with Crippen LogP contribution in [0, 0.1) is 11.3 Å². The van der Waals surface area contributed by atoms with E-state index in [1.165, 1.54) is 32.1 Å². The van der Waals surface area contributed by atoms with Crippen LogP contribution in [0.4, 0.5) is 0 Å². The quantitative estimate of drug-likeness (QED) is 0.372. The molecule has 2 saturated carbocycles. The number of nitrogens with zero attached hydrogens (tertiary/aromatic N) is 2. The number of oxazole rings is 1. The third-order valence-corrected chi connectivity index (χ3v) is 6.90. The van der Waals surface area contributed by atoms with E-state index in [0.29, 0.717) is 30.0 Å². The molecule has 1 aromatic carbocycles. The molecule has 1 spiro atoms. The SMILES string of the molecule is CN=C(NCc1ncoc1-c1ccccc1)NC1C2CCOC2C12CCCC2.I. The number of guanidine groups is 1. The van der Waals surface area contributed by atoms with Crippen LogP contribution in [0.25, 0.3) is 11.3 Å². The van der Waals surface area contributed by atoms with E-state index < -0.39 is 0 Å². The number of halogens is 1. The molecular weight excluding hydrogens is 479 g/mol. The number of benzene rings is 1. The maximum Gasteiger partial charge on any atom is 0.191 e. The van der Waals surface area contributed by atoms with Crippen molar-refractivity contribution in [3.05, 3.63) is 42.4 Å². The van der Waals surface area contributed by atoms with Crippen LogP contribution in [-0.4, -0.2) is 36.7 Å². The summed E-state index contributed by atoms with van der Waals surface area (Å²) in [5.41, 5.74) is 2.23. The fourth-order valence-electron chi connectivity index (χ4n) is 5.63. The van der Waals surface area contributed by atoms with Gasteiger partial charge in [-0.15, -0.1) is 24.0 Å². The monoisotopic (exact) mass is 508 g/mol. The molecule has 6 nitrogen and oxygen atoms in total. The lowest BCUT2D eigenvalue weighted by atomic mass is 9.54. The van der Waals surface area contributed by atoms with Gasteiger partial charge < -0.3 is 19.8 Å². The number of nitrogens with one attached hydrogen (secondary N) is 2. The summed E-state index contributed by atoms with van der Waals surface area (Å²) in [6.45, 7) is 1.48. The lowest BCUT2D eigenvalue weighted by Gasteiger charge is -2.57. The smallest absolute Gasteiger partial charge is 0.191 e. The highest BCUT2D eigenvalue weighted by atomic mass is 127. The Morgan fingerprint density at radius 3 is 2.79 bits per heavy atom. The van der Waals surface area contributed by atoms with Crippen molar-refractivity contribution in [2.45, 2.75) is 50.8 Å². The highest BCUT2D eigenvalue weighted by molar-refractivity contribution is 14.0. The number of hydrogen-bond donors (Lipinski definition) is 2. The molecule has 0 bridgehead atoms. The van der Waals surface area contributed by atoms with Gasteiger partial charge in [-0.05, 0) is 19.3 Å². The molecule has 7 heteroatoms. The number of aromatic nitrogens is 1. The predicted molar refractivity (Wildman–Crippen MR) is 123 cm³/mol. The summed E-state index contributed by atoms with van der Waals surface area (Å²) in [5.74, 6) is 2.26. The highest BCUT2D eigenvalue weighted by Gasteiger charge is 2.65. The van der Waals surface area contributed by atoms with Gasteiger partial charge >= 0.3 is 0 Å². The summed E-state index contributed by atoms with van der Waals surface area (Å²) < 4.78 is 11.7. The molecule has 1 saturated heterocycles. The first-order valence-electron chi connectivity index (χ1n) is 10.4. The van der Waals surface area contributed by atoms with Gasteiger partial charge in [-0.3, -0.25) is 4.99 Å². The Morgan fingerprint density at radius 2 is 2.03 bits per heavy atom. The first-order valence-corrected chi connectivity index (χ1v) is 10.4. The Kier molecular flexibility index (Phi) is 6.15. The lowest BCUT2D eigenvalue weighted by molar-refractivity contribution is -0.125. The Balaban J connectivity index is 0.00000205. The number of ether oxygens (including phenoxy) is 1. The van der Waals surface area contributed by atoms with Crippen molar-refractivity contribution in [2.24, 2.45) is 16.3 Å². The Hall–Kier alpha value is -1.61. The second-order valence-corrected chi connectivity index (χ2v) is 8.23. The van der Waals surface area contributed by atoms with E-state index in [1.54, 1.807) is 0 Å². The zero-order valence-electron chi connectivity index (χ0n) is 16.8. The zero-order valence-corrected chi connectivity index (χ0v) is 19.1. The molecule has 156 valence electrons. The highest BCUT2D eigenvalue weighted by Crippen LogP contribution is 2.60. The van der Waals surface area contributed by atoms with E-state index in [4.69, 9.17) is 9.15 Å². The van der Waals surface area contributed by atoms with Crippen LogP contribution in [0.15, 0.2) is 46.1 Å². The first-order chi connectivity index (χ1) is 13.8. The molecule has 1 aromatic heterocycles. The maximum atomic E-state index is 6.10. The molecule has 2 N–H and O–H groups in total. The van der Waals surface area contributed by atoms with Crippen LogP contribution in [-0.2, 0) is 11.3 Å². The molecule has 3 unspecified atom stereocenters. The van der Waals surface area contributed by atoms with Crippen LogP contribution in [0.3, 0.4) is 0 Å². The van der Waals surface area contributed by atoms with Crippen molar-refractivity contribution in [1.82, 2.24) is 15.6 Å². The zero-order chi connectivity index (χ0) is 19.0. The molecule has 5 rings (SSSR count). The van der Waals surface area contributed by atoms with Gasteiger partial charge in [-0.25, -0.2) is 4.98 Å². The minimum atomic E-state index is 0. The van der Waals surface area contributed by atoms with Crippen molar-refractivity contribution in [3.63, 3.8) is 0 Å². The second kappa shape index (κ2) is 8.63. The Morgan fingerprint density at radius 1 is 1.24 bits per heavy atom. The molecule has 2 heterocycles. The van der Waals surface area contributed by atoms with Gasteiger partial charge in [0.1, 0.15) is 5.69 Å². The molecule has 3 aliphatic rings. The van der Waals surface area contributed by atoms with Crippen molar-refractivity contribution in [2.75, 3.05) is 13.7 Å². The van der Waals surface area contributed by atoms with E-state index in [1.807, 2.05) is 37.4 Å². The van der Waals surface area contributed by atoms with Crippen LogP contribution < -0.4 is 10.6 Å². The van der Waals surface area contributed by atoms with Crippen LogP contribution in [0.5, 0.6) is 0 Å². The Bertz CT molecular complexity index is 848. The Labute approximate surface area is 188 Å². The van der Waals surface area contributed by atoms with E-state index in [0.717, 1.165) is 36.0 Å². The lowest BCUT2D eigenvalue weighted by Crippen LogP contribution is -2.69. The van der Waals surface area contributed by atoms with E-state index in [2.05, 4.69) is 20.6 Å². The molecule has 3 fully saturated rings. The van der Waals surface area contributed by atoms with E-state index in [9.17, 15) is 0 Å².